The number of amides is 1. The SMILES string of the molecule is CN(C(=O)Cc1c[nH]c2ccccc12)C1C2CC3CC(C2)CC1C3. The maximum Gasteiger partial charge on any atom is 0.227 e. The Balaban J connectivity index is 1.35. The fourth-order valence-corrected chi connectivity index (χ4v) is 6.26. The van der Waals surface area contributed by atoms with Crippen molar-refractivity contribution in [1.82, 2.24) is 9.88 Å². The Hall–Kier alpha value is -1.77. The second kappa shape index (κ2) is 5.37. The van der Waals surface area contributed by atoms with Crippen LogP contribution >= 0.6 is 0 Å². The van der Waals surface area contributed by atoms with Crippen LogP contribution in [-0.4, -0.2) is 28.9 Å². The Morgan fingerprint density at radius 3 is 2.46 bits per heavy atom. The van der Waals surface area contributed by atoms with Crippen molar-refractivity contribution in [3.05, 3.63) is 36.0 Å². The first kappa shape index (κ1) is 14.6. The van der Waals surface area contributed by atoms with Crippen molar-refractivity contribution in [3.8, 4) is 0 Å². The highest BCUT2D eigenvalue weighted by atomic mass is 16.2. The third kappa shape index (κ3) is 2.21. The highest BCUT2D eigenvalue weighted by Gasteiger charge is 2.50. The highest BCUT2D eigenvalue weighted by molar-refractivity contribution is 5.88. The van der Waals surface area contributed by atoms with Crippen LogP contribution in [0.1, 0.15) is 37.7 Å². The van der Waals surface area contributed by atoms with Gasteiger partial charge < -0.3 is 9.88 Å². The lowest BCUT2D eigenvalue weighted by Crippen LogP contribution is -2.56. The summed E-state index contributed by atoms with van der Waals surface area (Å²) in [6.07, 6.45) is 9.44. The van der Waals surface area contributed by atoms with Gasteiger partial charge in [0.2, 0.25) is 5.91 Å². The van der Waals surface area contributed by atoms with Gasteiger partial charge in [-0.2, -0.15) is 0 Å². The second-order valence-electron chi connectivity index (χ2n) is 8.46. The highest BCUT2D eigenvalue weighted by Crippen LogP contribution is 2.55. The van der Waals surface area contributed by atoms with E-state index >= 15 is 0 Å². The van der Waals surface area contributed by atoms with Gasteiger partial charge in [-0.05, 0) is 67.4 Å². The lowest BCUT2D eigenvalue weighted by molar-refractivity contribution is -0.140. The van der Waals surface area contributed by atoms with E-state index in [-0.39, 0.29) is 5.91 Å². The summed E-state index contributed by atoms with van der Waals surface area (Å²) in [4.78, 5) is 18.4. The molecule has 4 aliphatic rings. The van der Waals surface area contributed by atoms with E-state index in [0.717, 1.165) is 34.8 Å². The van der Waals surface area contributed by atoms with E-state index < -0.39 is 0 Å². The number of hydrogen-bond donors (Lipinski definition) is 1. The van der Waals surface area contributed by atoms with Gasteiger partial charge >= 0.3 is 0 Å². The molecular weight excluding hydrogens is 296 g/mol. The van der Waals surface area contributed by atoms with Crippen LogP contribution in [0.2, 0.25) is 0 Å². The van der Waals surface area contributed by atoms with Crippen LogP contribution in [0.25, 0.3) is 10.9 Å². The Kier molecular flexibility index (Phi) is 3.26. The average molecular weight is 322 g/mol. The van der Waals surface area contributed by atoms with E-state index in [0.29, 0.717) is 12.5 Å². The molecule has 1 aromatic heterocycles. The van der Waals surface area contributed by atoms with Gasteiger partial charge in [-0.3, -0.25) is 4.79 Å². The summed E-state index contributed by atoms with van der Waals surface area (Å²) >= 11 is 0. The molecule has 2 aromatic rings. The average Bonchev–Trinajstić information content (AvgIpc) is 2.97. The molecule has 4 aliphatic carbocycles. The molecule has 3 heteroatoms. The lowest BCUT2D eigenvalue weighted by atomic mass is 9.54. The zero-order valence-corrected chi connectivity index (χ0v) is 14.4. The van der Waals surface area contributed by atoms with E-state index in [2.05, 4.69) is 29.1 Å². The number of fused-ring (bicyclic) bond motifs is 1. The van der Waals surface area contributed by atoms with Crippen LogP contribution in [0.4, 0.5) is 0 Å². The van der Waals surface area contributed by atoms with Crippen LogP contribution in [0.15, 0.2) is 30.5 Å². The number of para-hydroxylation sites is 1. The van der Waals surface area contributed by atoms with Gasteiger partial charge in [-0.25, -0.2) is 0 Å². The van der Waals surface area contributed by atoms with E-state index in [1.165, 1.54) is 37.5 Å². The molecule has 0 aliphatic heterocycles. The molecule has 1 aromatic carbocycles. The first-order valence-electron chi connectivity index (χ1n) is 9.49. The maximum atomic E-state index is 13.0. The van der Waals surface area contributed by atoms with E-state index in [4.69, 9.17) is 0 Å². The van der Waals surface area contributed by atoms with Crippen LogP contribution in [0.3, 0.4) is 0 Å². The predicted octanol–water partition coefficient (Wildman–Crippen LogP) is 3.99. The molecule has 0 atom stereocenters. The number of benzene rings is 1. The van der Waals surface area contributed by atoms with Crippen molar-refractivity contribution >= 4 is 16.8 Å². The topological polar surface area (TPSA) is 36.1 Å². The number of H-pyrrole nitrogens is 1. The number of aromatic amines is 1. The zero-order chi connectivity index (χ0) is 16.3. The smallest absolute Gasteiger partial charge is 0.227 e. The largest absolute Gasteiger partial charge is 0.361 e. The van der Waals surface area contributed by atoms with Gasteiger partial charge in [0.25, 0.3) is 0 Å². The summed E-state index contributed by atoms with van der Waals surface area (Å²) in [5, 5.41) is 1.18. The normalized spacial score (nSPS) is 34.0. The Labute approximate surface area is 143 Å². The molecule has 0 spiro atoms. The van der Waals surface area contributed by atoms with Gasteiger partial charge in [0.15, 0.2) is 0 Å². The van der Waals surface area contributed by atoms with Gasteiger partial charge in [-0.1, -0.05) is 18.2 Å². The molecule has 4 fully saturated rings. The van der Waals surface area contributed by atoms with Gasteiger partial charge in [0.05, 0.1) is 6.42 Å². The molecule has 0 radical (unpaired) electrons. The van der Waals surface area contributed by atoms with Crippen LogP contribution in [0, 0.1) is 23.7 Å². The molecule has 126 valence electrons. The molecule has 1 N–H and O–H groups in total. The number of carbonyl (C=O) groups excluding carboxylic acids is 1. The standard InChI is InChI=1S/C21H26N2O/c1-23(21-15-7-13-6-14(9-15)10-16(21)8-13)20(24)11-17-12-22-19-5-3-2-4-18(17)19/h2-5,12-16,21-22H,6-11H2,1H3. The first-order chi connectivity index (χ1) is 11.7. The van der Waals surface area contributed by atoms with Crippen LogP contribution < -0.4 is 0 Å². The molecule has 24 heavy (non-hydrogen) atoms. The number of nitrogens with one attached hydrogen (secondary N) is 1. The fraction of sp³-hybridized carbons (Fsp3) is 0.571. The minimum absolute atomic E-state index is 0.289. The number of likely N-dealkylation sites (N-methyl/N-ethyl adjacent to an activating group) is 1. The molecule has 6 rings (SSSR count). The van der Waals surface area contributed by atoms with Gasteiger partial charge in [0.1, 0.15) is 0 Å². The van der Waals surface area contributed by atoms with Crippen molar-refractivity contribution in [2.75, 3.05) is 7.05 Å². The number of rotatable bonds is 3. The summed E-state index contributed by atoms with van der Waals surface area (Å²) in [5.74, 6) is 3.73. The third-order valence-corrected chi connectivity index (χ3v) is 7.03. The Morgan fingerprint density at radius 1 is 1.08 bits per heavy atom. The molecule has 4 saturated carbocycles. The Morgan fingerprint density at radius 2 is 1.75 bits per heavy atom. The van der Waals surface area contributed by atoms with Crippen LogP contribution in [-0.2, 0) is 11.2 Å². The van der Waals surface area contributed by atoms with Crippen molar-refractivity contribution in [2.24, 2.45) is 23.7 Å². The predicted molar refractivity (Wildman–Crippen MR) is 95.6 cm³/mol. The minimum atomic E-state index is 0.289. The van der Waals surface area contributed by atoms with E-state index in [1.54, 1.807) is 0 Å². The molecule has 1 amide bonds. The Bertz CT molecular complexity index is 749. The fourth-order valence-electron chi connectivity index (χ4n) is 6.26. The maximum absolute atomic E-state index is 13.0. The monoisotopic (exact) mass is 322 g/mol. The molecule has 1 heterocycles. The number of carbonyl (C=O) groups is 1. The number of hydrogen-bond acceptors (Lipinski definition) is 1. The van der Waals surface area contributed by atoms with Crippen molar-refractivity contribution in [3.63, 3.8) is 0 Å². The van der Waals surface area contributed by atoms with Crippen molar-refractivity contribution in [2.45, 2.75) is 44.6 Å². The van der Waals surface area contributed by atoms with Gasteiger partial charge in [-0.15, -0.1) is 0 Å². The summed E-state index contributed by atoms with van der Waals surface area (Å²) < 4.78 is 0. The van der Waals surface area contributed by atoms with Gasteiger partial charge in [0, 0.05) is 30.2 Å². The minimum Gasteiger partial charge on any atom is -0.361 e. The number of aromatic nitrogens is 1. The summed E-state index contributed by atoms with van der Waals surface area (Å²) in [6.45, 7) is 0. The first-order valence-corrected chi connectivity index (χ1v) is 9.49. The van der Waals surface area contributed by atoms with E-state index in [9.17, 15) is 4.79 Å². The molecule has 4 bridgehead atoms. The third-order valence-electron chi connectivity index (χ3n) is 7.03. The van der Waals surface area contributed by atoms with Crippen molar-refractivity contribution in [1.29, 1.82) is 0 Å². The lowest BCUT2D eigenvalue weighted by Gasteiger charge is -2.56. The molecular formula is C21H26N2O. The van der Waals surface area contributed by atoms with Crippen LogP contribution in [0.5, 0.6) is 0 Å². The zero-order valence-electron chi connectivity index (χ0n) is 14.4. The second-order valence-corrected chi connectivity index (χ2v) is 8.46. The van der Waals surface area contributed by atoms with E-state index in [1.807, 2.05) is 18.3 Å². The molecule has 0 unspecified atom stereocenters. The summed E-state index contributed by atoms with van der Waals surface area (Å²) in [7, 11) is 2.06. The molecule has 0 saturated heterocycles. The number of nitrogens with zero attached hydrogens (tertiary/aromatic N) is 1. The summed E-state index contributed by atoms with van der Waals surface area (Å²) in [6, 6.07) is 8.76. The molecule has 3 nitrogen and oxygen atoms in total. The van der Waals surface area contributed by atoms with Crippen molar-refractivity contribution < 1.29 is 4.79 Å². The quantitative estimate of drug-likeness (QED) is 0.911. The summed E-state index contributed by atoms with van der Waals surface area (Å²) in [5.41, 5.74) is 2.25.